The van der Waals surface area contributed by atoms with Crippen LogP contribution in [0.15, 0.2) is 91.5 Å². The van der Waals surface area contributed by atoms with E-state index in [2.05, 4.69) is 6.58 Å². The summed E-state index contributed by atoms with van der Waals surface area (Å²) in [6, 6.07) is 27.5. The van der Waals surface area contributed by atoms with Crippen LogP contribution in [0.3, 0.4) is 0 Å². The maximum absolute atomic E-state index is 12.5. The Morgan fingerprint density at radius 3 is 1.68 bits per heavy atom. The largest absolute Gasteiger partial charge is 0.415 e. The standard InChI is InChI=1S/C20H16OP/c1-16(17-8-4-2-5-9-17)18-12-14-20(15-13-18)22(21)19-10-6-3-7-11-19/h2-15H,1H2/q+1. The third-order valence-electron chi connectivity index (χ3n) is 3.56. The van der Waals surface area contributed by atoms with Crippen molar-refractivity contribution in [3.63, 3.8) is 0 Å². The second kappa shape index (κ2) is 6.51. The van der Waals surface area contributed by atoms with Crippen LogP contribution in [0.2, 0.25) is 0 Å². The molecule has 0 spiro atoms. The monoisotopic (exact) mass is 303 g/mol. The van der Waals surface area contributed by atoms with E-state index in [1.54, 1.807) is 0 Å². The Kier molecular flexibility index (Phi) is 4.27. The molecule has 0 heterocycles. The second-order valence-electron chi connectivity index (χ2n) is 5.02. The molecule has 0 saturated heterocycles. The van der Waals surface area contributed by atoms with Gasteiger partial charge in [-0.15, -0.1) is 0 Å². The van der Waals surface area contributed by atoms with Gasteiger partial charge in [-0.2, -0.15) is 0 Å². The molecule has 1 atom stereocenters. The third-order valence-corrected chi connectivity index (χ3v) is 5.10. The molecule has 0 aromatic heterocycles. The quantitative estimate of drug-likeness (QED) is 0.647. The van der Waals surface area contributed by atoms with E-state index in [0.717, 1.165) is 27.3 Å². The van der Waals surface area contributed by atoms with Gasteiger partial charge in [0.05, 0.1) is 0 Å². The summed E-state index contributed by atoms with van der Waals surface area (Å²) in [5, 5.41) is 1.69. The molecule has 0 aliphatic heterocycles. The van der Waals surface area contributed by atoms with E-state index in [1.807, 2.05) is 84.9 Å². The zero-order valence-electron chi connectivity index (χ0n) is 12.1. The summed E-state index contributed by atoms with van der Waals surface area (Å²) < 4.78 is 12.5. The van der Waals surface area contributed by atoms with Crippen LogP contribution in [0.25, 0.3) is 5.57 Å². The van der Waals surface area contributed by atoms with Crippen LogP contribution in [0.1, 0.15) is 11.1 Å². The van der Waals surface area contributed by atoms with Gasteiger partial charge in [0, 0.05) is 0 Å². The van der Waals surface area contributed by atoms with E-state index >= 15 is 0 Å². The Morgan fingerprint density at radius 1 is 0.636 bits per heavy atom. The molecule has 0 N–H and O–H groups in total. The summed E-state index contributed by atoms with van der Waals surface area (Å²) >= 11 is 0. The van der Waals surface area contributed by atoms with Crippen LogP contribution >= 0.6 is 7.80 Å². The molecule has 0 fully saturated rings. The van der Waals surface area contributed by atoms with Crippen molar-refractivity contribution < 1.29 is 4.57 Å². The second-order valence-corrected chi connectivity index (χ2v) is 6.64. The van der Waals surface area contributed by atoms with Gasteiger partial charge < -0.3 is 0 Å². The highest BCUT2D eigenvalue weighted by atomic mass is 31.1. The van der Waals surface area contributed by atoms with Gasteiger partial charge in [0.1, 0.15) is 0 Å². The predicted molar refractivity (Wildman–Crippen MR) is 94.3 cm³/mol. The van der Waals surface area contributed by atoms with Crippen molar-refractivity contribution in [2.45, 2.75) is 0 Å². The first kappa shape index (κ1) is 14.4. The predicted octanol–water partition coefficient (Wildman–Crippen LogP) is 4.53. The van der Waals surface area contributed by atoms with Gasteiger partial charge in [0.2, 0.25) is 0 Å². The lowest BCUT2D eigenvalue weighted by Gasteiger charge is -2.05. The smallest absolute Gasteiger partial charge is 0.0906 e. The summed E-state index contributed by atoms with van der Waals surface area (Å²) in [5.74, 6) is 0. The maximum atomic E-state index is 12.5. The fourth-order valence-corrected chi connectivity index (χ4v) is 3.48. The van der Waals surface area contributed by atoms with Crippen molar-refractivity contribution in [2.24, 2.45) is 0 Å². The van der Waals surface area contributed by atoms with Crippen LogP contribution in [-0.2, 0) is 4.57 Å². The first-order valence-corrected chi connectivity index (χ1v) is 8.39. The molecule has 0 aliphatic carbocycles. The summed E-state index contributed by atoms with van der Waals surface area (Å²) in [4.78, 5) is 0. The minimum absolute atomic E-state index is 0.839. The third kappa shape index (κ3) is 3.05. The Balaban J connectivity index is 1.84. The minimum atomic E-state index is -1.54. The van der Waals surface area contributed by atoms with Crippen molar-refractivity contribution in [2.75, 3.05) is 0 Å². The van der Waals surface area contributed by atoms with Crippen LogP contribution < -0.4 is 10.6 Å². The van der Waals surface area contributed by atoms with E-state index in [9.17, 15) is 4.57 Å². The van der Waals surface area contributed by atoms with E-state index < -0.39 is 7.80 Å². The summed E-state index contributed by atoms with van der Waals surface area (Å²) in [6.07, 6.45) is 0. The molecule has 0 bridgehead atoms. The van der Waals surface area contributed by atoms with E-state index in [0.29, 0.717) is 0 Å². The highest BCUT2D eigenvalue weighted by Crippen LogP contribution is 2.23. The molecule has 0 saturated carbocycles. The highest BCUT2D eigenvalue weighted by molar-refractivity contribution is 7.61. The van der Waals surface area contributed by atoms with E-state index in [-0.39, 0.29) is 0 Å². The lowest BCUT2D eigenvalue weighted by atomic mass is 10.00. The molecule has 3 rings (SSSR count). The van der Waals surface area contributed by atoms with Crippen LogP contribution in [0.4, 0.5) is 0 Å². The van der Waals surface area contributed by atoms with E-state index in [1.165, 1.54) is 0 Å². The SMILES string of the molecule is C=C(c1ccccc1)c1ccc([P+](=O)c2ccccc2)cc1. The van der Waals surface area contributed by atoms with Crippen molar-refractivity contribution >= 4 is 24.0 Å². The van der Waals surface area contributed by atoms with Gasteiger partial charge in [0.25, 0.3) is 0 Å². The van der Waals surface area contributed by atoms with Crippen molar-refractivity contribution in [3.05, 3.63) is 103 Å². The zero-order chi connectivity index (χ0) is 15.4. The molecular weight excluding hydrogens is 287 g/mol. The Bertz CT molecular complexity index is 720. The molecule has 3 aromatic rings. The molecule has 22 heavy (non-hydrogen) atoms. The fraction of sp³-hybridized carbons (Fsp3) is 0. The molecule has 2 heteroatoms. The zero-order valence-corrected chi connectivity index (χ0v) is 13.0. The summed E-state index contributed by atoms with van der Waals surface area (Å²) in [5.41, 5.74) is 3.12. The molecule has 1 nitrogen and oxygen atoms in total. The number of hydrogen-bond donors (Lipinski definition) is 0. The first-order chi connectivity index (χ1) is 10.8. The molecule has 0 radical (unpaired) electrons. The Labute approximate surface area is 131 Å². The topological polar surface area (TPSA) is 17.1 Å². The van der Waals surface area contributed by atoms with Gasteiger partial charge in [0.15, 0.2) is 10.6 Å². The lowest BCUT2D eigenvalue weighted by molar-refractivity contribution is 0.598. The number of rotatable bonds is 4. The average molecular weight is 303 g/mol. The average Bonchev–Trinajstić information content (AvgIpc) is 2.62. The van der Waals surface area contributed by atoms with Gasteiger partial charge in [-0.25, -0.2) is 0 Å². The molecule has 1 unspecified atom stereocenters. The Morgan fingerprint density at radius 2 is 1.09 bits per heavy atom. The van der Waals surface area contributed by atoms with Crippen LogP contribution in [0.5, 0.6) is 0 Å². The minimum Gasteiger partial charge on any atom is -0.0906 e. The van der Waals surface area contributed by atoms with Crippen LogP contribution in [0, 0.1) is 0 Å². The van der Waals surface area contributed by atoms with Gasteiger partial charge in [-0.05, 0) is 53.1 Å². The van der Waals surface area contributed by atoms with Gasteiger partial charge in [-0.3, -0.25) is 0 Å². The van der Waals surface area contributed by atoms with Crippen molar-refractivity contribution in [1.82, 2.24) is 0 Å². The first-order valence-electron chi connectivity index (χ1n) is 7.13. The van der Waals surface area contributed by atoms with Crippen molar-refractivity contribution in [3.8, 4) is 0 Å². The molecule has 3 aromatic carbocycles. The Hall–Kier alpha value is -2.50. The summed E-state index contributed by atoms with van der Waals surface area (Å²) in [7, 11) is -1.54. The normalized spacial score (nSPS) is 11.0. The van der Waals surface area contributed by atoms with E-state index in [4.69, 9.17) is 0 Å². The maximum Gasteiger partial charge on any atom is 0.415 e. The highest BCUT2D eigenvalue weighted by Gasteiger charge is 2.22. The number of hydrogen-bond acceptors (Lipinski definition) is 1. The summed E-state index contributed by atoms with van der Waals surface area (Å²) in [6.45, 7) is 4.16. The van der Waals surface area contributed by atoms with Crippen molar-refractivity contribution in [1.29, 1.82) is 0 Å². The van der Waals surface area contributed by atoms with Gasteiger partial charge >= 0.3 is 7.80 Å². The molecule has 106 valence electrons. The fourth-order valence-electron chi connectivity index (χ4n) is 2.32. The van der Waals surface area contributed by atoms with Gasteiger partial charge in [-0.1, -0.05) is 59.7 Å². The molecule has 0 amide bonds. The molecular formula is C20H16OP+. The lowest BCUT2D eigenvalue weighted by Crippen LogP contribution is -2.06. The number of benzene rings is 3. The van der Waals surface area contributed by atoms with Crippen LogP contribution in [-0.4, -0.2) is 0 Å². The molecule has 0 aliphatic rings.